The highest BCUT2D eigenvalue weighted by atomic mass is 16.4. The summed E-state index contributed by atoms with van der Waals surface area (Å²) in [5.41, 5.74) is 3.60. The molecule has 3 heteroatoms. The van der Waals surface area contributed by atoms with Crippen LogP contribution in [0.3, 0.4) is 0 Å². The van der Waals surface area contributed by atoms with E-state index in [1.54, 1.807) is 0 Å². The predicted octanol–water partition coefficient (Wildman–Crippen LogP) is 2.65. The number of carboxylic acid groups (broad SMARTS) is 1. The third-order valence-corrected chi connectivity index (χ3v) is 2.91. The molecule has 0 aliphatic rings. The quantitative estimate of drug-likeness (QED) is 0.797. The molecule has 3 nitrogen and oxygen atoms in total. The Morgan fingerprint density at radius 3 is 2.65 bits per heavy atom. The highest BCUT2D eigenvalue weighted by Crippen LogP contribution is 2.11. The summed E-state index contributed by atoms with van der Waals surface area (Å²) in [6, 6.07) is 5.79. The summed E-state index contributed by atoms with van der Waals surface area (Å²) in [5, 5.41) is 12.1. The zero-order chi connectivity index (χ0) is 12.8. The van der Waals surface area contributed by atoms with E-state index in [1.807, 2.05) is 6.92 Å². The zero-order valence-corrected chi connectivity index (χ0v) is 10.8. The van der Waals surface area contributed by atoms with E-state index in [9.17, 15) is 4.79 Å². The highest BCUT2D eigenvalue weighted by Gasteiger charge is 2.15. The van der Waals surface area contributed by atoms with Crippen molar-refractivity contribution in [2.75, 3.05) is 0 Å². The molecule has 0 aromatic heterocycles. The van der Waals surface area contributed by atoms with Crippen LogP contribution in [0.1, 0.15) is 36.5 Å². The van der Waals surface area contributed by atoms with Crippen molar-refractivity contribution in [1.29, 1.82) is 0 Å². The molecule has 0 saturated heterocycles. The number of aryl methyl sites for hydroxylation is 2. The normalized spacial score (nSPS) is 12.4. The van der Waals surface area contributed by atoms with Crippen LogP contribution in [0.2, 0.25) is 0 Å². The van der Waals surface area contributed by atoms with E-state index in [-0.39, 0.29) is 0 Å². The molecule has 0 fully saturated rings. The number of nitrogens with one attached hydrogen (secondary N) is 1. The van der Waals surface area contributed by atoms with Gasteiger partial charge in [0, 0.05) is 6.54 Å². The first kappa shape index (κ1) is 13.7. The van der Waals surface area contributed by atoms with E-state index in [4.69, 9.17) is 5.11 Å². The number of hydrogen-bond donors (Lipinski definition) is 2. The Morgan fingerprint density at radius 1 is 1.41 bits per heavy atom. The second-order valence-electron chi connectivity index (χ2n) is 4.49. The molecule has 17 heavy (non-hydrogen) atoms. The fourth-order valence-electron chi connectivity index (χ4n) is 1.88. The fraction of sp³-hybridized carbons (Fsp3) is 0.500. The minimum Gasteiger partial charge on any atom is -0.480 e. The molecular formula is C14H21NO2. The Morgan fingerprint density at radius 2 is 2.12 bits per heavy atom. The van der Waals surface area contributed by atoms with Gasteiger partial charge in [0.05, 0.1) is 0 Å². The van der Waals surface area contributed by atoms with Crippen molar-refractivity contribution in [2.24, 2.45) is 0 Å². The van der Waals surface area contributed by atoms with Gasteiger partial charge in [-0.05, 0) is 31.4 Å². The molecule has 0 bridgehead atoms. The van der Waals surface area contributed by atoms with E-state index in [0.717, 1.165) is 12.0 Å². The Balaban J connectivity index is 2.62. The van der Waals surface area contributed by atoms with Crippen LogP contribution >= 0.6 is 0 Å². The standard InChI is InChI=1S/C14H21NO2/c1-4-5-13(14(16)17)15-9-12-7-6-10(2)8-11(12)3/h6-8,13,15H,4-5,9H2,1-3H3,(H,16,17). The molecular weight excluding hydrogens is 214 g/mol. The maximum atomic E-state index is 11.0. The molecule has 0 spiro atoms. The molecule has 2 N–H and O–H groups in total. The SMILES string of the molecule is CCCC(NCc1ccc(C)cc1C)C(=O)O. The summed E-state index contributed by atoms with van der Waals surface area (Å²) in [6.45, 7) is 6.72. The predicted molar refractivity (Wildman–Crippen MR) is 69.1 cm³/mol. The average molecular weight is 235 g/mol. The largest absolute Gasteiger partial charge is 0.480 e. The van der Waals surface area contributed by atoms with Gasteiger partial charge in [0.25, 0.3) is 0 Å². The first-order valence-electron chi connectivity index (χ1n) is 6.07. The molecule has 1 rings (SSSR count). The topological polar surface area (TPSA) is 49.3 Å². The van der Waals surface area contributed by atoms with E-state index < -0.39 is 12.0 Å². The van der Waals surface area contributed by atoms with Gasteiger partial charge in [-0.15, -0.1) is 0 Å². The molecule has 94 valence electrons. The van der Waals surface area contributed by atoms with E-state index >= 15 is 0 Å². The van der Waals surface area contributed by atoms with Crippen LogP contribution in [0, 0.1) is 13.8 Å². The molecule has 1 atom stereocenters. The first-order chi connectivity index (χ1) is 8.04. The van der Waals surface area contributed by atoms with Crippen LogP contribution in [-0.4, -0.2) is 17.1 Å². The second kappa shape index (κ2) is 6.40. The third-order valence-electron chi connectivity index (χ3n) is 2.91. The van der Waals surface area contributed by atoms with Crippen LogP contribution in [0.15, 0.2) is 18.2 Å². The van der Waals surface area contributed by atoms with Gasteiger partial charge in [-0.1, -0.05) is 37.1 Å². The fourth-order valence-corrected chi connectivity index (χ4v) is 1.88. The van der Waals surface area contributed by atoms with Crippen molar-refractivity contribution in [1.82, 2.24) is 5.32 Å². The third kappa shape index (κ3) is 4.19. The Bertz CT molecular complexity index is 388. The zero-order valence-electron chi connectivity index (χ0n) is 10.8. The summed E-state index contributed by atoms with van der Waals surface area (Å²) in [6.07, 6.45) is 1.54. The average Bonchev–Trinajstić information content (AvgIpc) is 2.25. The number of carboxylic acids is 1. The lowest BCUT2D eigenvalue weighted by Gasteiger charge is -2.14. The van der Waals surface area contributed by atoms with Gasteiger partial charge in [-0.3, -0.25) is 4.79 Å². The summed E-state index contributed by atoms with van der Waals surface area (Å²) in [7, 11) is 0. The van der Waals surface area contributed by atoms with Crippen molar-refractivity contribution in [3.63, 3.8) is 0 Å². The summed E-state index contributed by atoms with van der Waals surface area (Å²) < 4.78 is 0. The van der Waals surface area contributed by atoms with Crippen LogP contribution in [0.25, 0.3) is 0 Å². The monoisotopic (exact) mass is 235 g/mol. The maximum Gasteiger partial charge on any atom is 0.320 e. The summed E-state index contributed by atoms with van der Waals surface area (Å²) in [4.78, 5) is 11.0. The lowest BCUT2D eigenvalue weighted by Crippen LogP contribution is -2.36. The second-order valence-corrected chi connectivity index (χ2v) is 4.49. The van der Waals surface area contributed by atoms with Gasteiger partial charge < -0.3 is 10.4 Å². The minimum atomic E-state index is -0.767. The van der Waals surface area contributed by atoms with Crippen molar-refractivity contribution < 1.29 is 9.90 Å². The number of rotatable bonds is 6. The lowest BCUT2D eigenvalue weighted by molar-refractivity contribution is -0.139. The van der Waals surface area contributed by atoms with Gasteiger partial charge in [0.15, 0.2) is 0 Å². The molecule has 0 heterocycles. The lowest BCUT2D eigenvalue weighted by atomic mass is 10.1. The van der Waals surface area contributed by atoms with Crippen molar-refractivity contribution in [2.45, 2.75) is 46.2 Å². The van der Waals surface area contributed by atoms with Crippen LogP contribution < -0.4 is 5.32 Å². The van der Waals surface area contributed by atoms with E-state index in [0.29, 0.717) is 13.0 Å². The Labute approximate surface area is 103 Å². The summed E-state index contributed by atoms with van der Waals surface area (Å²) >= 11 is 0. The molecule has 0 saturated carbocycles. The Hall–Kier alpha value is -1.35. The first-order valence-corrected chi connectivity index (χ1v) is 6.07. The van der Waals surface area contributed by atoms with Gasteiger partial charge in [0.1, 0.15) is 6.04 Å². The highest BCUT2D eigenvalue weighted by molar-refractivity contribution is 5.73. The van der Waals surface area contributed by atoms with E-state index in [2.05, 4.69) is 37.4 Å². The van der Waals surface area contributed by atoms with E-state index in [1.165, 1.54) is 11.1 Å². The molecule has 1 aromatic carbocycles. The van der Waals surface area contributed by atoms with Crippen molar-refractivity contribution >= 4 is 5.97 Å². The minimum absolute atomic E-state index is 0.444. The van der Waals surface area contributed by atoms with Gasteiger partial charge in [0.2, 0.25) is 0 Å². The van der Waals surface area contributed by atoms with Crippen LogP contribution in [0.4, 0.5) is 0 Å². The smallest absolute Gasteiger partial charge is 0.320 e. The number of aliphatic carboxylic acids is 1. The van der Waals surface area contributed by atoms with Crippen LogP contribution in [-0.2, 0) is 11.3 Å². The number of hydrogen-bond acceptors (Lipinski definition) is 2. The molecule has 1 aromatic rings. The van der Waals surface area contributed by atoms with Gasteiger partial charge in [-0.2, -0.15) is 0 Å². The Kier molecular flexibility index (Phi) is 5.16. The van der Waals surface area contributed by atoms with Gasteiger partial charge in [-0.25, -0.2) is 0 Å². The molecule has 0 aliphatic carbocycles. The van der Waals surface area contributed by atoms with Crippen molar-refractivity contribution in [3.05, 3.63) is 34.9 Å². The number of benzene rings is 1. The molecule has 0 radical (unpaired) electrons. The molecule has 0 amide bonds. The summed E-state index contributed by atoms with van der Waals surface area (Å²) in [5.74, 6) is -0.767. The van der Waals surface area contributed by atoms with Crippen LogP contribution in [0.5, 0.6) is 0 Å². The maximum absolute atomic E-state index is 11.0. The van der Waals surface area contributed by atoms with Crippen molar-refractivity contribution in [3.8, 4) is 0 Å². The molecule has 1 unspecified atom stereocenters. The molecule has 0 aliphatic heterocycles. The number of carbonyl (C=O) groups is 1. The van der Waals surface area contributed by atoms with Gasteiger partial charge >= 0.3 is 5.97 Å².